The molecule has 1 fully saturated rings. The Labute approximate surface area is 164 Å². The largest absolute Gasteiger partial charge is 0.465 e. The van der Waals surface area contributed by atoms with Gasteiger partial charge in [0.25, 0.3) is 0 Å². The van der Waals surface area contributed by atoms with Gasteiger partial charge in [-0.05, 0) is 49.2 Å². The van der Waals surface area contributed by atoms with E-state index in [1.165, 1.54) is 11.4 Å². The van der Waals surface area contributed by atoms with E-state index in [1.54, 1.807) is 54.6 Å². The number of sulfonamides is 1. The van der Waals surface area contributed by atoms with E-state index in [0.717, 1.165) is 0 Å². The Morgan fingerprint density at radius 2 is 1.61 bits per heavy atom. The van der Waals surface area contributed by atoms with Crippen LogP contribution in [-0.4, -0.2) is 44.8 Å². The number of carbonyl (C=O) groups is 2. The number of hydrogen-bond donors (Lipinski definition) is 1. The van der Waals surface area contributed by atoms with Gasteiger partial charge in [0.2, 0.25) is 15.9 Å². The number of hydrogen-bond acceptors (Lipinski definition) is 5. The van der Waals surface area contributed by atoms with Gasteiger partial charge < -0.3 is 10.1 Å². The molecule has 148 valence electrons. The minimum Gasteiger partial charge on any atom is -0.465 e. The third kappa shape index (κ3) is 4.40. The van der Waals surface area contributed by atoms with Gasteiger partial charge in [0.1, 0.15) is 0 Å². The predicted octanol–water partition coefficient (Wildman–Crippen LogP) is 2.51. The van der Waals surface area contributed by atoms with E-state index >= 15 is 0 Å². The normalized spacial score (nSPS) is 15.8. The van der Waals surface area contributed by atoms with Crippen molar-refractivity contribution < 1.29 is 22.7 Å². The van der Waals surface area contributed by atoms with Crippen molar-refractivity contribution in [2.45, 2.75) is 17.7 Å². The van der Waals surface area contributed by atoms with E-state index in [-0.39, 0.29) is 16.7 Å². The van der Waals surface area contributed by atoms with Crippen LogP contribution in [0.25, 0.3) is 0 Å². The van der Waals surface area contributed by atoms with Gasteiger partial charge in [-0.1, -0.05) is 18.2 Å². The molecule has 0 atom stereocenters. The van der Waals surface area contributed by atoms with Crippen molar-refractivity contribution in [3.63, 3.8) is 0 Å². The zero-order valence-corrected chi connectivity index (χ0v) is 16.3. The van der Waals surface area contributed by atoms with E-state index in [9.17, 15) is 18.0 Å². The number of nitrogens with one attached hydrogen (secondary N) is 1. The summed E-state index contributed by atoms with van der Waals surface area (Å²) in [6.07, 6.45) is 0.913. The highest BCUT2D eigenvalue weighted by Crippen LogP contribution is 2.25. The predicted molar refractivity (Wildman–Crippen MR) is 104 cm³/mol. The second-order valence-electron chi connectivity index (χ2n) is 6.55. The van der Waals surface area contributed by atoms with Crippen LogP contribution >= 0.6 is 0 Å². The SMILES string of the molecule is COC(=O)c1ccc(NC(=O)C2CCN(S(=O)(=O)c3ccccc3)CC2)cc1. The van der Waals surface area contributed by atoms with Crippen LogP contribution in [0.4, 0.5) is 5.69 Å². The maximum atomic E-state index is 12.7. The standard InChI is InChI=1S/C20H22N2O5S/c1-27-20(24)16-7-9-17(10-8-16)21-19(23)15-11-13-22(14-12-15)28(25,26)18-5-3-2-4-6-18/h2-10,15H,11-14H2,1H3,(H,21,23). The summed E-state index contributed by atoms with van der Waals surface area (Å²) < 4.78 is 31.4. The quantitative estimate of drug-likeness (QED) is 0.776. The highest BCUT2D eigenvalue weighted by molar-refractivity contribution is 7.89. The lowest BCUT2D eigenvalue weighted by atomic mass is 9.97. The van der Waals surface area contributed by atoms with Gasteiger partial charge in [0.05, 0.1) is 17.6 Å². The number of anilines is 1. The van der Waals surface area contributed by atoms with E-state index in [2.05, 4.69) is 10.1 Å². The van der Waals surface area contributed by atoms with Gasteiger partial charge in [0, 0.05) is 24.7 Å². The van der Waals surface area contributed by atoms with Crippen LogP contribution < -0.4 is 5.32 Å². The zero-order valence-electron chi connectivity index (χ0n) is 15.5. The van der Waals surface area contributed by atoms with Crippen LogP contribution in [-0.2, 0) is 19.6 Å². The van der Waals surface area contributed by atoms with E-state index < -0.39 is 16.0 Å². The van der Waals surface area contributed by atoms with Crippen molar-refractivity contribution in [2.24, 2.45) is 5.92 Å². The molecule has 28 heavy (non-hydrogen) atoms. The lowest BCUT2D eigenvalue weighted by Gasteiger charge is -2.30. The number of esters is 1. The first-order chi connectivity index (χ1) is 13.4. The fourth-order valence-electron chi connectivity index (χ4n) is 3.15. The highest BCUT2D eigenvalue weighted by Gasteiger charge is 2.32. The van der Waals surface area contributed by atoms with Crippen molar-refractivity contribution in [1.82, 2.24) is 4.31 Å². The number of nitrogens with zero attached hydrogens (tertiary/aromatic N) is 1. The summed E-state index contributed by atoms with van der Waals surface area (Å²) in [6.45, 7) is 0.604. The van der Waals surface area contributed by atoms with Crippen molar-refractivity contribution >= 4 is 27.6 Å². The highest BCUT2D eigenvalue weighted by atomic mass is 32.2. The number of methoxy groups -OCH3 is 1. The van der Waals surface area contributed by atoms with Crippen LogP contribution in [0.15, 0.2) is 59.5 Å². The van der Waals surface area contributed by atoms with Gasteiger partial charge in [-0.25, -0.2) is 13.2 Å². The molecule has 2 aromatic rings. The van der Waals surface area contributed by atoms with Gasteiger partial charge in [-0.2, -0.15) is 4.31 Å². The van der Waals surface area contributed by atoms with Gasteiger partial charge in [0.15, 0.2) is 0 Å². The average molecular weight is 402 g/mol. The Morgan fingerprint density at radius 1 is 1.00 bits per heavy atom. The molecule has 0 unspecified atom stereocenters. The number of ether oxygens (including phenoxy) is 1. The van der Waals surface area contributed by atoms with Crippen LogP contribution in [0.3, 0.4) is 0 Å². The number of carbonyl (C=O) groups excluding carboxylic acids is 2. The topological polar surface area (TPSA) is 92.8 Å². The average Bonchev–Trinajstić information content (AvgIpc) is 2.74. The molecule has 1 aliphatic heterocycles. The molecule has 0 saturated carbocycles. The summed E-state index contributed by atoms with van der Waals surface area (Å²) in [4.78, 5) is 24.2. The lowest BCUT2D eigenvalue weighted by Crippen LogP contribution is -2.41. The van der Waals surface area contributed by atoms with E-state index in [1.807, 2.05) is 0 Å². The first-order valence-electron chi connectivity index (χ1n) is 8.96. The summed E-state index contributed by atoms with van der Waals surface area (Å²) in [5.41, 5.74) is 0.983. The summed E-state index contributed by atoms with van der Waals surface area (Å²) in [5.74, 6) is -0.852. The number of amides is 1. The van der Waals surface area contributed by atoms with Crippen molar-refractivity contribution in [3.05, 3.63) is 60.2 Å². The molecule has 0 spiro atoms. The molecule has 1 aliphatic rings. The van der Waals surface area contributed by atoms with Crippen LogP contribution in [0.2, 0.25) is 0 Å². The summed E-state index contributed by atoms with van der Waals surface area (Å²) >= 11 is 0. The third-order valence-electron chi connectivity index (χ3n) is 4.78. The Morgan fingerprint density at radius 3 is 2.18 bits per heavy atom. The van der Waals surface area contributed by atoms with Crippen LogP contribution in [0, 0.1) is 5.92 Å². The monoisotopic (exact) mass is 402 g/mol. The van der Waals surface area contributed by atoms with E-state index in [4.69, 9.17) is 0 Å². The Bertz CT molecular complexity index is 934. The van der Waals surface area contributed by atoms with Crippen LogP contribution in [0.1, 0.15) is 23.2 Å². The molecule has 8 heteroatoms. The minimum absolute atomic E-state index is 0.150. The maximum Gasteiger partial charge on any atom is 0.337 e. The second kappa shape index (κ2) is 8.53. The molecule has 0 bridgehead atoms. The Hall–Kier alpha value is -2.71. The number of benzene rings is 2. The minimum atomic E-state index is -3.53. The zero-order chi connectivity index (χ0) is 20.1. The van der Waals surface area contributed by atoms with Crippen molar-refractivity contribution in [3.8, 4) is 0 Å². The molecule has 2 aromatic carbocycles. The first kappa shape index (κ1) is 20.0. The molecule has 0 aliphatic carbocycles. The molecule has 1 N–H and O–H groups in total. The van der Waals surface area contributed by atoms with Gasteiger partial charge >= 0.3 is 5.97 Å². The van der Waals surface area contributed by atoms with Crippen LogP contribution in [0.5, 0.6) is 0 Å². The van der Waals surface area contributed by atoms with Gasteiger partial charge in [-0.3, -0.25) is 4.79 Å². The molecule has 3 rings (SSSR count). The fraction of sp³-hybridized carbons (Fsp3) is 0.300. The lowest BCUT2D eigenvalue weighted by molar-refractivity contribution is -0.120. The van der Waals surface area contributed by atoms with Crippen molar-refractivity contribution in [1.29, 1.82) is 0 Å². The molecule has 1 heterocycles. The Balaban J connectivity index is 1.57. The van der Waals surface area contributed by atoms with E-state index in [0.29, 0.717) is 37.2 Å². The summed E-state index contributed by atoms with van der Waals surface area (Å²) in [7, 11) is -2.22. The van der Waals surface area contributed by atoms with Crippen molar-refractivity contribution in [2.75, 3.05) is 25.5 Å². The van der Waals surface area contributed by atoms with Gasteiger partial charge in [-0.15, -0.1) is 0 Å². The summed E-state index contributed by atoms with van der Waals surface area (Å²) in [6, 6.07) is 14.7. The molecular weight excluding hydrogens is 380 g/mol. The third-order valence-corrected chi connectivity index (χ3v) is 6.69. The number of rotatable bonds is 5. The smallest absolute Gasteiger partial charge is 0.337 e. The second-order valence-corrected chi connectivity index (χ2v) is 8.49. The molecule has 0 aromatic heterocycles. The fourth-order valence-corrected chi connectivity index (χ4v) is 4.64. The molecule has 0 radical (unpaired) electrons. The molecular formula is C20H22N2O5S. The Kier molecular flexibility index (Phi) is 6.11. The molecule has 7 nitrogen and oxygen atoms in total. The number of piperidine rings is 1. The molecule has 1 amide bonds. The molecule has 1 saturated heterocycles. The summed E-state index contributed by atoms with van der Waals surface area (Å²) in [5, 5.41) is 2.82. The first-order valence-corrected chi connectivity index (χ1v) is 10.4. The maximum absolute atomic E-state index is 12.7.